The molecule has 2 N–H and O–H groups in total. The molecular formula is C20H27NO2. The molecule has 2 atom stereocenters. The van der Waals surface area contributed by atoms with Gasteiger partial charge >= 0.3 is 0 Å². The first-order valence-electron chi connectivity index (χ1n) is 8.11. The zero-order valence-corrected chi connectivity index (χ0v) is 14.2. The third-order valence-electron chi connectivity index (χ3n) is 4.01. The monoisotopic (exact) mass is 313 g/mol. The summed E-state index contributed by atoms with van der Waals surface area (Å²) in [5.74, 6) is 0. The quantitative estimate of drug-likeness (QED) is 0.821. The summed E-state index contributed by atoms with van der Waals surface area (Å²) in [6, 6.07) is 20.0. The van der Waals surface area contributed by atoms with Crippen molar-refractivity contribution in [1.82, 2.24) is 4.90 Å². The summed E-state index contributed by atoms with van der Waals surface area (Å²) in [6.07, 6.45) is -0.579. The van der Waals surface area contributed by atoms with Gasteiger partial charge in [0.1, 0.15) is 0 Å². The Morgan fingerprint density at radius 2 is 1.39 bits per heavy atom. The Morgan fingerprint density at radius 3 is 1.87 bits per heavy atom. The fourth-order valence-electron chi connectivity index (χ4n) is 2.80. The molecule has 0 aliphatic heterocycles. The Morgan fingerprint density at radius 1 is 0.913 bits per heavy atom. The van der Waals surface area contributed by atoms with Crippen molar-refractivity contribution in [2.75, 3.05) is 13.1 Å². The van der Waals surface area contributed by atoms with Crippen molar-refractivity contribution in [2.45, 2.75) is 38.5 Å². The zero-order chi connectivity index (χ0) is 16.9. The highest BCUT2D eigenvalue weighted by atomic mass is 16.3. The second-order valence-corrected chi connectivity index (χ2v) is 6.76. The smallest absolute Gasteiger partial charge is 0.0917 e. The molecule has 0 unspecified atom stereocenters. The molecule has 3 heteroatoms. The molecule has 0 saturated heterocycles. The van der Waals surface area contributed by atoms with Crippen molar-refractivity contribution < 1.29 is 10.2 Å². The Balaban J connectivity index is 2.17. The van der Waals surface area contributed by atoms with E-state index in [1.54, 1.807) is 13.8 Å². The lowest BCUT2D eigenvalue weighted by Crippen LogP contribution is -2.42. The minimum absolute atomic E-state index is 0.112. The van der Waals surface area contributed by atoms with Crippen molar-refractivity contribution in [2.24, 2.45) is 0 Å². The van der Waals surface area contributed by atoms with Crippen molar-refractivity contribution in [3.8, 4) is 0 Å². The van der Waals surface area contributed by atoms with Crippen LogP contribution in [0.5, 0.6) is 0 Å². The van der Waals surface area contributed by atoms with Crippen molar-refractivity contribution >= 4 is 0 Å². The van der Waals surface area contributed by atoms with Crippen LogP contribution in [0.2, 0.25) is 0 Å². The normalized spacial score (nSPS) is 14.7. The van der Waals surface area contributed by atoms with E-state index in [1.165, 1.54) is 5.56 Å². The minimum Gasteiger partial charge on any atom is -0.389 e. The summed E-state index contributed by atoms with van der Waals surface area (Å²) in [5.41, 5.74) is 1.25. The number of nitrogens with zero attached hydrogens (tertiary/aromatic N) is 1. The Labute approximate surface area is 139 Å². The molecule has 124 valence electrons. The average Bonchev–Trinajstić information content (AvgIpc) is 2.54. The van der Waals surface area contributed by atoms with Crippen LogP contribution in [0.3, 0.4) is 0 Å². The van der Waals surface area contributed by atoms with Gasteiger partial charge in [-0.1, -0.05) is 60.7 Å². The molecule has 0 aromatic heterocycles. The van der Waals surface area contributed by atoms with Gasteiger partial charge in [-0.15, -0.1) is 0 Å². The van der Waals surface area contributed by atoms with Crippen LogP contribution in [0.4, 0.5) is 0 Å². The number of hydrogen-bond acceptors (Lipinski definition) is 3. The molecule has 0 amide bonds. The predicted octanol–water partition coefficient (Wildman–Crippen LogP) is 3.55. The van der Waals surface area contributed by atoms with Gasteiger partial charge in [-0.05, 0) is 31.9 Å². The van der Waals surface area contributed by atoms with Gasteiger partial charge in [0.15, 0.2) is 0 Å². The molecule has 0 saturated carbocycles. The summed E-state index contributed by atoms with van der Waals surface area (Å²) in [5, 5.41) is 20.8. The average molecular weight is 313 g/mol. The van der Waals surface area contributed by atoms with E-state index in [9.17, 15) is 10.2 Å². The second kappa shape index (κ2) is 7.73. The van der Waals surface area contributed by atoms with Crippen LogP contribution in [0.15, 0.2) is 60.7 Å². The van der Waals surface area contributed by atoms with Gasteiger partial charge < -0.3 is 10.2 Å². The molecule has 2 rings (SSSR count). The van der Waals surface area contributed by atoms with Crippen LogP contribution in [-0.2, 0) is 0 Å². The molecule has 2 aromatic carbocycles. The standard InChI is InChI=1S/C20H27NO2/c1-16(17-10-6-4-7-11-17)21(15-20(2,3)23)14-19(22)18-12-8-5-9-13-18/h4-13,16,19,22-23H,14-15H2,1-3H3/t16-,19+/m1/s1. The van der Waals surface area contributed by atoms with E-state index < -0.39 is 11.7 Å². The maximum atomic E-state index is 10.6. The second-order valence-electron chi connectivity index (χ2n) is 6.76. The number of benzene rings is 2. The van der Waals surface area contributed by atoms with E-state index >= 15 is 0 Å². The molecule has 0 radical (unpaired) electrons. The van der Waals surface area contributed by atoms with Crippen LogP contribution in [0.25, 0.3) is 0 Å². The highest BCUT2D eigenvalue weighted by Crippen LogP contribution is 2.25. The maximum absolute atomic E-state index is 10.6. The van der Waals surface area contributed by atoms with Gasteiger partial charge in [0.2, 0.25) is 0 Å². The van der Waals surface area contributed by atoms with Gasteiger partial charge in [-0.2, -0.15) is 0 Å². The molecule has 0 aliphatic carbocycles. The van der Waals surface area contributed by atoms with Gasteiger partial charge in [-0.25, -0.2) is 0 Å². The first-order valence-corrected chi connectivity index (χ1v) is 8.11. The fourth-order valence-corrected chi connectivity index (χ4v) is 2.80. The third-order valence-corrected chi connectivity index (χ3v) is 4.01. The summed E-state index contributed by atoms with van der Waals surface area (Å²) in [4.78, 5) is 2.13. The summed E-state index contributed by atoms with van der Waals surface area (Å²) in [7, 11) is 0. The van der Waals surface area contributed by atoms with Crippen molar-refractivity contribution in [1.29, 1.82) is 0 Å². The van der Waals surface area contributed by atoms with E-state index in [0.717, 1.165) is 5.56 Å². The van der Waals surface area contributed by atoms with E-state index in [1.807, 2.05) is 48.5 Å². The van der Waals surface area contributed by atoms with Crippen LogP contribution in [0, 0.1) is 0 Å². The van der Waals surface area contributed by atoms with Crippen LogP contribution in [0.1, 0.15) is 44.0 Å². The molecule has 23 heavy (non-hydrogen) atoms. The van der Waals surface area contributed by atoms with E-state index in [2.05, 4.69) is 24.0 Å². The van der Waals surface area contributed by atoms with Gasteiger partial charge in [0, 0.05) is 19.1 Å². The number of aliphatic hydroxyl groups excluding tert-OH is 1. The lowest BCUT2D eigenvalue weighted by atomic mass is 10.0. The number of rotatable bonds is 7. The molecule has 0 fully saturated rings. The number of hydrogen-bond donors (Lipinski definition) is 2. The maximum Gasteiger partial charge on any atom is 0.0917 e. The molecule has 0 spiro atoms. The largest absolute Gasteiger partial charge is 0.389 e. The van der Waals surface area contributed by atoms with Crippen molar-refractivity contribution in [3.63, 3.8) is 0 Å². The zero-order valence-electron chi connectivity index (χ0n) is 14.2. The lowest BCUT2D eigenvalue weighted by Gasteiger charge is -2.35. The fraction of sp³-hybridized carbons (Fsp3) is 0.400. The van der Waals surface area contributed by atoms with Crippen LogP contribution < -0.4 is 0 Å². The van der Waals surface area contributed by atoms with E-state index in [4.69, 9.17) is 0 Å². The van der Waals surface area contributed by atoms with Crippen LogP contribution >= 0.6 is 0 Å². The highest BCUT2D eigenvalue weighted by molar-refractivity contribution is 5.20. The van der Waals surface area contributed by atoms with Gasteiger partial charge in [-0.3, -0.25) is 4.90 Å². The number of aliphatic hydroxyl groups is 2. The summed E-state index contributed by atoms with van der Waals surface area (Å²) < 4.78 is 0. The summed E-state index contributed by atoms with van der Waals surface area (Å²) >= 11 is 0. The molecule has 0 bridgehead atoms. The molecule has 2 aromatic rings. The molecular weight excluding hydrogens is 286 g/mol. The van der Waals surface area contributed by atoms with Gasteiger partial charge in [0.05, 0.1) is 11.7 Å². The SMILES string of the molecule is C[C@H](c1ccccc1)N(C[C@H](O)c1ccccc1)CC(C)(C)O. The van der Waals surface area contributed by atoms with E-state index in [0.29, 0.717) is 13.1 Å². The highest BCUT2D eigenvalue weighted by Gasteiger charge is 2.25. The van der Waals surface area contributed by atoms with Crippen LogP contribution in [-0.4, -0.2) is 33.8 Å². The Kier molecular flexibility index (Phi) is 5.94. The minimum atomic E-state index is -0.820. The topological polar surface area (TPSA) is 43.7 Å². The predicted molar refractivity (Wildman–Crippen MR) is 94.1 cm³/mol. The molecule has 3 nitrogen and oxygen atoms in total. The Bertz CT molecular complexity index is 578. The molecule has 0 heterocycles. The third kappa shape index (κ3) is 5.47. The Hall–Kier alpha value is -1.68. The van der Waals surface area contributed by atoms with Gasteiger partial charge in [0.25, 0.3) is 0 Å². The first-order chi connectivity index (χ1) is 10.9. The first kappa shape index (κ1) is 17.7. The summed E-state index contributed by atoms with van der Waals surface area (Å²) in [6.45, 7) is 6.68. The molecule has 0 aliphatic rings. The lowest BCUT2D eigenvalue weighted by molar-refractivity contribution is 0.00290. The van der Waals surface area contributed by atoms with Crippen molar-refractivity contribution in [3.05, 3.63) is 71.8 Å². The van der Waals surface area contributed by atoms with E-state index in [-0.39, 0.29) is 6.04 Å².